The Morgan fingerprint density at radius 1 is 1.00 bits per heavy atom. The fraction of sp³-hybridized carbons (Fsp3) is 0.294. The third-order valence-corrected chi connectivity index (χ3v) is 3.45. The van der Waals surface area contributed by atoms with Gasteiger partial charge in [0.2, 0.25) is 0 Å². The summed E-state index contributed by atoms with van der Waals surface area (Å²) in [6.07, 6.45) is 0.957. The lowest BCUT2D eigenvalue weighted by molar-refractivity contribution is 0.321. The van der Waals surface area contributed by atoms with Crippen LogP contribution < -0.4 is 10.5 Å². The average Bonchev–Trinajstić information content (AvgIpc) is 2.47. The van der Waals surface area contributed by atoms with Gasteiger partial charge in [0.25, 0.3) is 0 Å². The molecule has 0 saturated heterocycles. The number of benzene rings is 2. The van der Waals surface area contributed by atoms with Gasteiger partial charge in [-0.1, -0.05) is 36.4 Å². The van der Waals surface area contributed by atoms with Gasteiger partial charge in [-0.15, -0.1) is 0 Å². The molecule has 2 aromatic rings. The van der Waals surface area contributed by atoms with Crippen molar-refractivity contribution in [3.05, 3.63) is 59.7 Å². The van der Waals surface area contributed by atoms with Gasteiger partial charge in [0.15, 0.2) is 0 Å². The van der Waals surface area contributed by atoms with E-state index in [0.29, 0.717) is 0 Å². The van der Waals surface area contributed by atoms with E-state index in [-0.39, 0.29) is 0 Å². The molecule has 0 spiro atoms. The summed E-state index contributed by atoms with van der Waals surface area (Å²) in [4.78, 5) is 2.28. The van der Waals surface area contributed by atoms with Crippen LogP contribution in [0, 0.1) is 0 Å². The second-order valence-corrected chi connectivity index (χ2v) is 5.00. The maximum Gasteiger partial charge on any atom is 0.123 e. The number of nitrogen functional groups attached to an aromatic ring is 1. The molecule has 3 heteroatoms. The lowest BCUT2D eigenvalue weighted by Gasteiger charge is -2.18. The molecule has 2 aromatic carbocycles. The Hall–Kier alpha value is -2.00. The van der Waals surface area contributed by atoms with Gasteiger partial charge in [0.1, 0.15) is 5.75 Å². The van der Waals surface area contributed by atoms with Crippen LogP contribution in [0.4, 0.5) is 5.69 Å². The number of para-hydroxylation sites is 2. The van der Waals surface area contributed by atoms with Crippen LogP contribution in [0.15, 0.2) is 48.5 Å². The summed E-state index contributed by atoms with van der Waals surface area (Å²) < 4.78 is 5.38. The number of methoxy groups -OCH3 is 1. The van der Waals surface area contributed by atoms with Gasteiger partial charge >= 0.3 is 0 Å². The van der Waals surface area contributed by atoms with Gasteiger partial charge in [-0.25, -0.2) is 0 Å². The van der Waals surface area contributed by atoms with Crippen LogP contribution in [0.3, 0.4) is 0 Å². The van der Waals surface area contributed by atoms with Crippen LogP contribution in [-0.4, -0.2) is 25.6 Å². The van der Waals surface area contributed by atoms with Gasteiger partial charge < -0.3 is 15.4 Å². The molecular weight excluding hydrogens is 248 g/mol. The molecule has 20 heavy (non-hydrogen) atoms. The van der Waals surface area contributed by atoms with E-state index in [2.05, 4.69) is 24.1 Å². The molecule has 0 bridgehead atoms. The van der Waals surface area contributed by atoms with E-state index >= 15 is 0 Å². The number of hydrogen-bond acceptors (Lipinski definition) is 3. The van der Waals surface area contributed by atoms with E-state index < -0.39 is 0 Å². The molecule has 2 N–H and O–H groups in total. The molecule has 0 atom stereocenters. The van der Waals surface area contributed by atoms with Crippen molar-refractivity contribution in [2.75, 3.05) is 26.4 Å². The van der Waals surface area contributed by atoms with Crippen LogP contribution in [-0.2, 0) is 13.0 Å². The Kier molecular flexibility index (Phi) is 5.02. The molecule has 0 fully saturated rings. The summed E-state index contributed by atoms with van der Waals surface area (Å²) in [6, 6.07) is 16.2. The SMILES string of the molecule is COc1ccccc1CN(C)CCc1ccccc1N. The van der Waals surface area contributed by atoms with E-state index in [1.807, 2.05) is 36.4 Å². The predicted octanol–water partition coefficient (Wildman–Crippen LogP) is 2.95. The fourth-order valence-corrected chi connectivity index (χ4v) is 2.28. The maximum absolute atomic E-state index is 5.97. The first-order chi connectivity index (χ1) is 9.70. The second kappa shape index (κ2) is 6.96. The molecule has 0 aliphatic carbocycles. The Balaban J connectivity index is 1.93. The van der Waals surface area contributed by atoms with Crippen LogP contribution in [0.5, 0.6) is 5.75 Å². The highest BCUT2D eigenvalue weighted by Crippen LogP contribution is 2.19. The molecule has 2 rings (SSSR count). The molecule has 0 amide bonds. The maximum atomic E-state index is 5.97. The fourth-order valence-electron chi connectivity index (χ4n) is 2.28. The van der Waals surface area contributed by atoms with E-state index in [1.165, 1.54) is 11.1 Å². The zero-order valence-electron chi connectivity index (χ0n) is 12.2. The molecule has 0 aliphatic heterocycles. The summed E-state index contributed by atoms with van der Waals surface area (Å²) in [6.45, 7) is 1.84. The van der Waals surface area contributed by atoms with Gasteiger partial charge in [0, 0.05) is 24.3 Å². The summed E-state index contributed by atoms with van der Waals surface area (Å²) in [5.74, 6) is 0.943. The lowest BCUT2D eigenvalue weighted by Crippen LogP contribution is -2.21. The molecule has 0 saturated carbocycles. The largest absolute Gasteiger partial charge is 0.496 e. The van der Waals surface area contributed by atoms with Crippen LogP contribution in [0.1, 0.15) is 11.1 Å². The second-order valence-electron chi connectivity index (χ2n) is 5.00. The lowest BCUT2D eigenvalue weighted by atomic mass is 10.1. The first-order valence-corrected chi connectivity index (χ1v) is 6.84. The monoisotopic (exact) mass is 270 g/mol. The Bertz CT molecular complexity index is 554. The molecular formula is C17H22N2O. The van der Waals surface area contributed by atoms with Crippen LogP contribution in [0.2, 0.25) is 0 Å². The number of ether oxygens (including phenoxy) is 1. The van der Waals surface area contributed by atoms with Crippen molar-refractivity contribution in [1.82, 2.24) is 4.90 Å². The van der Waals surface area contributed by atoms with Crippen molar-refractivity contribution in [1.29, 1.82) is 0 Å². The zero-order valence-corrected chi connectivity index (χ0v) is 12.2. The highest BCUT2D eigenvalue weighted by atomic mass is 16.5. The number of anilines is 1. The zero-order chi connectivity index (χ0) is 14.4. The Morgan fingerprint density at radius 3 is 2.35 bits per heavy atom. The van der Waals surface area contributed by atoms with Gasteiger partial charge in [0.05, 0.1) is 7.11 Å². The topological polar surface area (TPSA) is 38.5 Å². The Morgan fingerprint density at radius 2 is 1.65 bits per heavy atom. The van der Waals surface area contributed by atoms with E-state index in [1.54, 1.807) is 7.11 Å². The first-order valence-electron chi connectivity index (χ1n) is 6.84. The molecule has 106 valence electrons. The van der Waals surface area contributed by atoms with E-state index in [9.17, 15) is 0 Å². The minimum Gasteiger partial charge on any atom is -0.496 e. The summed E-state index contributed by atoms with van der Waals surface area (Å²) in [5.41, 5.74) is 9.25. The highest BCUT2D eigenvalue weighted by molar-refractivity contribution is 5.46. The van der Waals surface area contributed by atoms with Crippen LogP contribution in [0.25, 0.3) is 0 Å². The number of nitrogens with two attached hydrogens (primary N) is 1. The average molecular weight is 270 g/mol. The smallest absolute Gasteiger partial charge is 0.123 e. The number of hydrogen-bond donors (Lipinski definition) is 1. The van der Waals surface area contributed by atoms with Crippen LogP contribution >= 0.6 is 0 Å². The quantitative estimate of drug-likeness (QED) is 0.820. The normalized spacial score (nSPS) is 10.8. The standard InChI is InChI=1S/C17H22N2O/c1-19(12-11-14-7-3-5-9-16(14)18)13-15-8-4-6-10-17(15)20-2/h3-10H,11-13,18H2,1-2H3. The van der Waals surface area contributed by atoms with Gasteiger partial charge in [-0.3, -0.25) is 0 Å². The molecule has 0 radical (unpaired) electrons. The molecule has 0 aliphatic rings. The minimum atomic E-state index is 0.872. The van der Waals surface area contributed by atoms with Gasteiger partial charge in [-0.05, 0) is 31.2 Å². The number of rotatable bonds is 6. The van der Waals surface area contributed by atoms with Crippen molar-refractivity contribution in [3.8, 4) is 5.75 Å². The third-order valence-electron chi connectivity index (χ3n) is 3.45. The van der Waals surface area contributed by atoms with Gasteiger partial charge in [-0.2, -0.15) is 0 Å². The summed E-state index contributed by atoms with van der Waals surface area (Å²) in [7, 11) is 3.83. The highest BCUT2D eigenvalue weighted by Gasteiger charge is 2.06. The van der Waals surface area contributed by atoms with Crippen molar-refractivity contribution in [2.45, 2.75) is 13.0 Å². The molecule has 0 heterocycles. The predicted molar refractivity (Wildman–Crippen MR) is 83.9 cm³/mol. The summed E-state index contributed by atoms with van der Waals surface area (Å²) >= 11 is 0. The first kappa shape index (κ1) is 14.4. The Labute approximate surface area is 121 Å². The summed E-state index contributed by atoms with van der Waals surface area (Å²) in [5, 5.41) is 0. The third kappa shape index (κ3) is 3.75. The number of nitrogens with zero attached hydrogens (tertiary/aromatic N) is 1. The van der Waals surface area contributed by atoms with E-state index in [4.69, 9.17) is 10.5 Å². The van der Waals surface area contributed by atoms with E-state index in [0.717, 1.165) is 30.9 Å². The minimum absolute atomic E-state index is 0.872. The van der Waals surface area contributed by atoms with Crippen molar-refractivity contribution < 1.29 is 4.74 Å². The van der Waals surface area contributed by atoms with Crippen molar-refractivity contribution in [3.63, 3.8) is 0 Å². The number of likely N-dealkylation sites (N-methyl/N-ethyl adjacent to an activating group) is 1. The van der Waals surface area contributed by atoms with Crippen molar-refractivity contribution in [2.24, 2.45) is 0 Å². The molecule has 0 aromatic heterocycles. The molecule has 3 nitrogen and oxygen atoms in total. The molecule has 0 unspecified atom stereocenters. The van der Waals surface area contributed by atoms with Crippen molar-refractivity contribution >= 4 is 5.69 Å².